The summed E-state index contributed by atoms with van der Waals surface area (Å²) >= 11 is 7.13. The molecule has 1 aromatic carbocycles. The van der Waals surface area contributed by atoms with Gasteiger partial charge in [-0.3, -0.25) is 0 Å². The van der Waals surface area contributed by atoms with E-state index in [4.69, 9.17) is 0 Å². The molecule has 0 radical (unpaired) electrons. The maximum absolute atomic E-state index is 16.2. The Kier molecular flexibility index (Phi) is 5.29. The van der Waals surface area contributed by atoms with E-state index in [0.717, 1.165) is 55.2 Å². The maximum atomic E-state index is 16.2. The van der Waals surface area contributed by atoms with Crippen molar-refractivity contribution in [1.29, 1.82) is 0 Å². The molecule has 0 atom stereocenters. The third kappa shape index (κ3) is 2.74. The van der Waals surface area contributed by atoms with Crippen LogP contribution in [-0.4, -0.2) is 21.6 Å². The predicted molar refractivity (Wildman–Crippen MR) is 128 cm³/mol. The van der Waals surface area contributed by atoms with Crippen LogP contribution in [-0.2, 0) is 6.42 Å². The first-order chi connectivity index (χ1) is 14.1. The number of halogens is 4. The number of fused-ring (bicyclic) bond motifs is 2. The highest BCUT2D eigenvalue weighted by atomic mass is 79.9. The van der Waals surface area contributed by atoms with Crippen LogP contribution < -0.4 is 0 Å². The fourth-order valence-electron chi connectivity index (χ4n) is 5.40. The SMILES string of the molecule is CCC1=C(C)C2=C(c3ccc(Br)c(Br)c3)c3c(C)c(CC)c(C)n3[B-](F)(F)[N+]2=C1C. The lowest BCUT2D eigenvalue weighted by Crippen LogP contribution is -2.51. The van der Waals surface area contributed by atoms with Crippen LogP contribution >= 0.6 is 31.9 Å². The Morgan fingerprint density at radius 1 is 1.00 bits per heavy atom. The molecule has 0 spiro atoms. The third-order valence-electron chi connectivity index (χ3n) is 6.70. The van der Waals surface area contributed by atoms with Gasteiger partial charge in [0.05, 0.1) is 5.57 Å². The summed E-state index contributed by atoms with van der Waals surface area (Å²) in [7, 11) is 0. The van der Waals surface area contributed by atoms with E-state index in [1.54, 1.807) is 0 Å². The van der Waals surface area contributed by atoms with Gasteiger partial charge >= 0.3 is 6.97 Å². The first-order valence-electron chi connectivity index (χ1n) is 10.3. The Hall–Kier alpha value is -1.47. The van der Waals surface area contributed by atoms with Crippen molar-refractivity contribution < 1.29 is 13.1 Å². The van der Waals surface area contributed by atoms with Crippen LogP contribution in [0.25, 0.3) is 5.57 Å². The van der Waals surface area contributed by atoms with Crippen LogP contribution in [0.2, 0.25) is 0 Å². The van der Waals surface area contributed by atoms with E-state index < -0.39 is 6.97 Å². The normalized spacial score (nSPS) is 17.8. The Labute approximate surface area is 193 Å². The Bertz CT molecular complexity index is 1200. The fraction of sp³-hybridized carbons (Fsp3) is 0.348. The first-order valence-corrected chi connectivity index (χ1v) is 11.9. The van der Waals surface area contributed by atoms with Crippen molar-refractivity contribution in [2.75, 3.05) is 0 Å². The number of nitrogens with zero attached hydrogens (tertiary/aromatic N) is 2. The average molecular weight is 538 g/mol. The summed E-state index contributed by atoms with van der Waals surface area (Å²) in [6.07, 6.45) is 1.46. The van der Waals surface area contributed by atoms with Crippen molar-refractivity contribution in [1.82, 2.24) is 4.48 Å². The van der Waals surface area contributed by atoms with Crippen molar-refractivity contribution in [3.63, 3.8) is 0 Å². The summed E-state index contributed by atoms with van der Waals surface area (Å²) in [4.78, 5) is 0. The summed E-state index contributed by atoms with van der Waals surface area (Å²) < 4.78 is 36.8. The number of aromatic nitrogens is 1. The maximum Gasteiger partial charge on any atom is 0.737 e. The first kappa shape index (κ1) is 21.8. The molecule has 0 N–H and O–H groups in total. The topological polar surface area (TPSA) is 7.94 Å². The number of hydrogen-bond acceptors (Lipinski definition) is 0. The molecule has 0 saturated heterocycles. The van der Waals surface area contributed by atoms with Gasteiger partial charge in [-0.25, -0.2) is 0 Å². The largest absolute Gasteiger partial charge is 0.737 e. The van der Waals surface area contributed by atoms with Crippen molar-refractivity contribution in [2.45, 2.75) is 54.4 Å². The molecule has 0 aliphatic carbocycles. The molecule has 0 saturated carbocycles. The van der Waals surface area contributed by atoms with Gasteiger partial charge in [0.25, 0.3) is 0 Å². The Balaban J connectivity index is 2.23. The molecule has 2 aliphatic heterocycles. The van der Waals surface area contributed by atoms with Gasteiger partial charge in [0.1, 0.15) is 5.71 Å². The third-order valence-corrected chi connectivity index (χ3v) is 8.58. The molecule has 0 unspecified atom stereocenters. The highest BCUT2D eigenvalue weighted by Gasteiger charge is 2.56. The zero-order valence-corrected chi connectivity index (χ0v) is 21.3. The van der Waals surface area contributed by atoms with Gasteiger partial charge in [-0.2, -0.15) is 0 Å². The molecule has 1 aromatic heterocycles. The van der Waals surface area contributed by atoms with Gasteiger partial charge in [0, 0.05) is 32.7 Å². The Morgan fingerprint density at radius 3 is 2.23 bits per heavy atom. The van der Waals surface area contributed by atoms with E-state index in [9.17, 15) is 0 Å². The summed E-state index contributed by atoms with van der Waals surface area (Å²) in [5, 5.41) is 0. The number of rotatable bonds is 3. The molecule has 2 nitrogen and oxygen atoms in total. The van der Waals surface area contributed by atoms with Crippen molar-refractivity contribution >= 4 is 50.1 Å². The Morgan fingerprint density at radius 2 is 1.67 bits per heavy atom. The summed E-state index contributed by atoms with van der Waals surface area (Å²) in [6.45, 7) is 7.72. The van der Waals surface area contributed by atoms with Gasteiger partial charge < -0.3 is 17.6 Å². The smallest absolute Gasteiger partial charge is 0.393 e. The van der Waals surface area contributed by atoms with Crippen molar-refractivity contribution in [3.8, 4) is 0 Å². The van der Waals surface area contributed by atoms with Crippen LogP contribution in [0.3, 0.4) is 0 Å². The highest BCUT2D eigenvalue weighted by molar-refractivity contribution is 9.13. The molecule has 158 valence electrons. The van der Waals surface area contributed by atoms with Gasteiger partial charge in [0.2, 0.25) is 0 Å². The second kappa shape index (κ2) is 7.30. The van der Waals surface area contributed by atoms with Crippen molar-refractivity contribution in [3.05, 3.63) is 72.1 Å². The van der Waals surface area contributed by atoms with Gasteiger partial charge in [-0.1, -0.05) is 19.9 Å². The standard InChI is InChI=1S/C23H25BBr2F2N2/c1-7-17-12(3)22-21(16-9-10-19(25)20(26)11-16)23-13(4)18(8-2)15(6)30(23)24(27,28)29(22)14(17)5/h9-11H,7-8H2,1-6H3. The zero-order chi connectivity index (χ0) is 22.1. The molecule has 0 bridgehead atoms. The monoisotopic (exact) mass is 536 g/mol. The highest BCUT2D eigenvalue weighted by Crippen LogP contribution is 2.47. The van der Waals surface area contributed by atoms with Crippen LogP contribution in [0.15, 0.2) is 44.0 Å². The molecule has 2 aromatic rings. The lowest BCUT2D eigenvalue weighted by molar-refractivity contribution is -0.363. The molecular formula is C23H25BBr2F2N2. The summed E-state index contributed by atoms with van der Waals surface area (Å²) in [5.74, 6) is 0. The number of benzene rings is 1. The fourth-order valence-corrected chi connectivity index (χ4v) is 6.03. The summed E-state index contributed by atoms with van der Waals surface area (Å²) in [6, 6.07) is 6.00. The minimum atomic E-state index is -3.98. The van der Waals surface area contributed by atoms with Gasteiger partial charge in [0.15, 0.2) is 5.70 Å². The second-order valence-corrected chi connectivity index (χ2v) is 9.82. The van der Waals surface area contributed by atoms with E-state index in [1.165, 1.54) is 8.96 Å². The molecule has 30 heavy (non-hydrogen) atoms. The molecule has 3 heterocycles. The van der Waals surface area contributed by atoms with Crippen LogP contribution in [0.4, 0.5) is 8.63 Å². The van der Waals surface area contributed by atoms with Gasteiger partial charge in [-0.05, 0) is 100.0 Å². The average Bonchev–Trinajstić information content (AvgIpc) is 3.09. The number of hydrogen-bond donors (Lipinski definition) is 0. The van der Waals surface area contributed by atoms with E-state index in [1.807, 2.05) is 59.7 Å². The molecule has 2 aliphatic rings. The summed E-state index contributed by atoms with van der Waals surface area (Å²) in [5.41, 5.74) is 8.38. The van der Waals surface area contributed by atoms with Crippen LogP contribution in [0.5, 0.6) is 0 Å². The molecule has 4 rings (SSSR count). The molecule has 0 amide bonds. The molecule has 7 heteroatoms. The minimum absolute atomic E-state index is 0.652. The van der Waals surface area contributed by atoms with Crippen molar-refractivity contribution in [2.24, 2.45) is 0 Å². The lowest BCUT2D eigenvalue weighted by Gasteiger charge is -2.34. The number of allylic oxidation sites excluding steroid dienone is 2. The van der Waals surface area contributed by atoms with E-state index >= 15 is 8.63 Å². The predicted octanol–water partition coefficient (Wildman–Crippen LogP) is 7.40. The van der Waals surface area contributed by atoms with E-state index in [-0.39, 0.29) is 0 Å². The second-order valence-electron chi connectivity index (χ2n) is 8.11. The van der Waals surface area contributed by atoms with Crippen LogP contribution in [0, 0.1) is 13.8 Å². The molecule has 0 fully saturated rings. The van der Waals surface area contributed by atoms with E-state index in [0.29, 0.717) is 22.8 Å². The lowest BCUT2D eigenvalue weighted by atomic mass is 9.83. The van der Waals surface area contributed by atoms with E-state index in [2.05, 4.69) is 31.9 Å². The molecular weight excluding hydrogens is 513 g/mol. The zero-order valence-electron chi connectivity index (χ0n) is 18.1. The van der Waals surface area contributed by atoms with Crippen LogP contribution in [0.1, 0.15) is 62.2 Å². The minimum Gasteiger partial charge on any atom is -0.393 e. The van der Waals surface area contributed by atoms with Gasteiger partial charge in [-0.15, -0.1) is 0 Å². The quantitative estimate of drug-likeness (QED) is 0.360.